The average molecular weight is 272 g/mol. The minimum Gasteiger partial charge on any atom is -0.480 e. The van der Waals surface area contributed by atoms with Crippen molar-refractivity contribution in [2.24, 2.45) is 5.41 Å². The Morgan fingerprint density at radius 3 is 2.85 bits per heavy atom. The molecule has 4 nitrogen and oxygen atoms in total. The zero-order chi connectivity index (χ0) is 14.8. The Hall–Kier alpha value is -1.86. The summed E-state index contributed by atoms with van der Waals surface area (Å²) in [5.41, 5.74) is 1.28. The van der Waals surface area contributed by atoms with Crippen molar-refractivity contribution in [3.63, 3.8) is 0 Å². The molecule has 0 saturated carbocycles. The quantitative estimate of drug-likeness (QED) is 0.918. The summed E-state index contributed by atoms with van der Waals surface area (Å²) >= 11 is 0. The van der Waals surface area contributed by atoms with E-state index < -0.39 is 12.0 Å². The number of carboxylic acid groups (broad SMARTS) is 1. The topological polar surface area (TPSA) is 64.3 Å². The Morgan fingerprint density at radius 2 is 2.20 bits per heavy atom. The summed E-state index contributed by atoms with van der Waals surface area (Å²) in [4.78, 5) is 13.6. The lowest BCUT2D eigenvalue weighted by molar-refractivity contribution is -0.151. The lowest BCUT2D eigenvalue weighted by Crippen LogP contribution is -2.53. The molecule has 1 saturated heterocycles. The molecule has 1 aromatic carbocycles. The van der Waals surface area contributed by atoms with E-state index in [0.717, 1.165) is 24.9 Å². The monoisotopic (exact) mass is 272 g/mol. The van der Waals surface area contributed by atoms with Gasteiger partial charge in [0.2, 0.25) is 0 Å². The molecule has 1 heterocycles. The van der Waals surface area contributed by atoms with Crippen LogP contribution in [-0.2, 0) is 11.3 Å². The second-order valence-electron chi connectivity index (χ2n) is 6.07. The maximum atomic E-state index is 11.6. The lowest BCUT2D eigenvalue weighted by atomic mass is 9.76. The Morgan fingerprint density at radius 1 is 1.50 bits per heavy atom. The van der Waals surface area contributed by atoms with Crippen molar-refractivity contribution in [3.8, 4) is 6.07 Å². The van der Waals surface area contributed by atoms with Crippen LogP contribution in [0.5, 0.6) is 0 Å². The number of likely N-dealkylation sites (tertiary alicyclic amines) is 1. The standard InChI is InChI=1S/C16H20N2O2/c1-16(2)8-5-9-18(14(16)15(19)20)11-13-7-4-3-6-12(13)10-17/h3-4,6-7,14H,5,8-9,11H2,1-2H3,(H,19,20). The number of carbonyl (C=O) groups is 1. The third-order valence-corrected chi connectivity index (χ3v) is 4.12. The van der Waals surface area contributed by atoms with Crippen molar-refractivity contribution >= 4 is 5.97 Å². The van der Waals surface area contributed by atoms with Crippen molar-refractivity contribution < 1.29 is 9.90 Å². The molecule has 1 aromatic rings. The van der Waals surface area contributed by atoms with E-state index in [0.29, 0.717) is 12.1 Å². The largest absolute Gasteiger partial charge is 0.480 e. The molecule has 0 aliphatic carbocycles. The van der Waals surface area contributed by atoms with Gasteiger partial charge in [-0.15, -0.1) is 0 Å². The molecule has 20 heavy (non-hydrogen) atoms. The zero-order valence-corrected chi connectivity index (χ0v) is 12.0. The number of nitriles is 1. The Bertz CT molecular complexity index is 546. The van der Waals surface area contributed by atoms with Crippen molar-refractivity contribution in [2.45, 2.75) is 39.3 Å². The highest BCUT2D eigenvalue weighted by Crippen LogP contribution is 2.36. The fraction of sp³-hybridized carbons (Fsp3) is 0.500. The van der Waals surface area contributed by atoms with Crippen LogP contribution in [-0.4, -0.2) is 28.6 Å². The highest BCUT2D eigenvalue weighted by Gasteiger charge is 2.42. The predicted molar refractivity (Wildman–Crippen MR) is 76.0 cm³/mol. The molecule has 0 bridgehead atoms. The summed E-state index contributed by atoms with van der Waals surface area (Å²) in [6, 6.07) is 9.08. The molecule has 1 aliphatic rings. The maximum absolute atomic E-state index is 11.6. The Kier molecular flexibility index (Phi) is 4.10. The summed E-state index contributed by atoms with van der Waals surface area (Å²) < 4.78 is 0. The van der Waals surface area contributed by atoms with Crippen LogP contribution in [0.1, 0.15) is 37.8 Å². The SMILES string of the molecule is CC1(C)CCCN(Cc2ccccc2C#N)C1C(=O)O. The van der Waals surface area contributed by atoms with Crippen molar-refractivity contribution in [1.82, 2.24) is 4.90 Å². The first-order valence-electron chi connectivity index (χ1n) is 6.90. The third kappa shape index (κ3) is 2.83. The first-order chi connectivity index (χ1) is 9.45. The van der Waals surface area contributed by atoms with Gasteiger partial charge in [0.25, 0.3) is 0 Å². The van der Waals surface area contributed by atoms with Crippen LogP contribution in [0.2, 0.25) is 0 Å². The van der Waals surface area contributed by atoms with E-state index in [1.54, 1.807) is 6.07 Å². The molecule has 0 amide bonds. The number of nitrogens with zero attached hydrogens (tertiary/aromatic N) is 2. The van der Waals surface area contributed by atoms with Crippen LogP contribution >= 0.6 is 0 Å². The minimum absolute atomic E-state index is 0.244. The van der Waals surface area contributed by atoms with Gasteiger partial charge >= 0.3 is 5.97 Å². The first-order valence-corrected chi connectivity index (χ1v) is 6.90. The van der Waals surface area contributed by atoms with Crippen molar-refractivity contribution in [2.75, 3.05) is 6.54 Å². The van der Waals surface area contributed by atoms with E-state index in [2.05, 4.69) is 6.07 Å². The zero-order valence-electron chi connectivity index (χ0n) is 12.0. The van der Waals surface area contributed by atoms with Gasteiger partial charge in [0.15, 0.2) is 0 Å². The smallest absolute Gasteiger partial charge is 0.321 e. The highest BCUT2D eigenvalue weighted by molar-refractivity contribution is 5.74. The van der Waals surface area contributed by atoms with E-state index in [9.17, 15) is 9.90 Å². The number of benzene rings is 1. The number of hydrogen-bond acceptors (Lipinski definition) is 3. The van der Waals surface area contributed by atoms with Gasteiger partial charge in [0.05, 0.1) is 11.6 Å². The van der Waals surface area contributed by atoms with Crippen LogP contribution in [0.25, 0.3) is 0 Å². The molecule has 0 spiro atoms. The molecule has 1 fully saturated rings. The Labute approximate surface area is 119 Å². The molecular weight excluding hydrogens is 252 g/mol. The van der Waals surface area contributed by atoms with Gasteiger partial charge in [-0.05, 0) is 36.4 Å². The summed E-state index contributed by atoms with van der Waals surface area (Å²) in [6.07, 6.45) is 1.91. The van der Waals surface area contributed by atoms with Crippen LogP contribution < -0.4 is 0 Å². The van der Waals surface area contributed by atoms with Gasteiger partial charge in [0, 0.05) is 6.54 Å². The number of aliphatic carboxylic acids is 1. The van der Waals surface area contributed by atoms with E-state index in [-0.39, 0.29) is 5.41 Å². The molecule has 0 aromatic heterocycles. The average Bonchev–Trinajstić information content (AvgIpc) is 2.37. The van der Waals surface area contributed by atoms with Gasteiger partial charge in [-0.1, -0.05) is 32.0 Å². The maximum Gasteiger partial charge on any atom is 0.321 e. The number of rotatable bonds is 3. The fourth-order valence-electron chi connectivity index (χ4n) is 3.14. The lowest BCUT2D eigenvalue weighted by Gasteiger charge is -2.44. The molecule has 1 aliphatic heterocycles. The van der Waals surface area contributed by atoms with E-state index in [4.69, 9.17) is 5.26 Å². The summed E-state index contributed by atoms with van der Waals surface area (Å²) in [7, 11) is 0. The molecule has 106 valence electrons. The molecule has 4 heteroatoms. The molecular formula is C16H20N2O2. The second kappa shape index (κ2) is 5.64. The molecule has 0 radical (unpaired) electrons. The summed E-state index contributed by atoms with van der Waals surface area (Å²) in [6.45, 7) is 5.30. The van der Waals surface area contributed by atoms with E-state index in [1.165, 1.54) is 0 Å². The minimum atomic E-state index is -0.774. The third-order valence-electron chi connectivity index (χ3n) is 4.12. The van der Waals surface area contributed by atoms with Gasteiger partial charge in [-0.25, -0.2) is 0 Å². The predicted octanol–water partition coefficient (Wildman–Crippen LogP) is 2.63. The van der Waals surface area contributed by atoms with Crippen LogP contribution in [0.3, 0.4) is 0 Å². The molecule has 1 unspecified atom stereocenters. The van der Waals surface area contributed by atoms with Gasteiger partial charge < -0.3 is 5.11 Å². The van der Waals surface area contributed by atoms with E-state index >= 15 is 0 Å². The van der Waals surface area contributed by atoms with Crippen molar-refractivity contribution in [1.29, 1.82) is 5.26 Å². The molecule has 2 rings (SSSR count). The van der Waals surface area contributed by atoms with Crippen LogP contribution in [0, 0.1) is 16.7 Å². The number of carboxylic acids is 1. The summed E-state index contributed by atoms with van der Waals surface area (Å²) in [5.74, 6) is -0.774. The normalized spacial score (nSPS) is 22.1. The molecule has 1 N–H and O–H groups in total. The number of piperidine rings is 1. The number of hydrogen-bond donors (Lipinski definition) is 1. The molecule has 1 atom stereocenters. The second-order valence-corrected chi connectivity index (χ2v) is 6.07. The first kappa shape index (κ1) is 14.5. The van der Waals surface area contributed by atoms with Gasteiger partial charge in [0.1, 0.15) is 6.04 Å². The van der Waals surface area contributed by atoms with Crippen LogP contribution in [0.15, 0.2) is 24.3 Å². The van der Waals surface area contributed by atoms with Crippen LogP contribution in [0.4, 0.5) is 0 Å². The summed E-state index contributed by atoms with van der Waals surface area (Å²) in [5, 5.41) is 18.7. The van der Waals surface area contributed by atoms with Gasteiger partial charge in [-0.2, -0.15) is 5.26 Å². The van der Waals surface area contributed by atoms with E-state index in [1.807, 2.05) is 36.9 Å². The Balaban J connectivity index is 2.27. The van der Waals surface area contributed by atoms with Gasteiger partial charge in [-0.3, -0.25) is 9.69 Å². The highest BCUT2D eigenvalue weighted by atomic mass is 16.4. The fourth-order valence-corrected chi connectivity index (χ4v) is 3.14. The van der Waals surface area contributed by atoms with Crippen molar-refractivity contribution in [3.05, 3.63) is 35.4 Å².